The zero-order chi connectivity index (χ0) is 12.8. The Bertz CT molecular complexity index is 448. The highest BCUT2D eigenvalue weighted by atomic mass is 32.2. The highest BCUT2D eigenvalue weighted by Crippen LogP contribution is 2.20. The SMILES string of the molecule is CCNC(C)CCCSc1nc2ccccc2[nH]1. The van der Waals surface area contributed by atoms with Crippen LogP contribution in [0.3, 0.4) is 0 Å². The zero-order valence-electron chi connectivity index (χ0n) is 11.1. The first-order valence-electron chi connectivity index (χ1n) is 6.60. The normalized spacial score (nSPS) is 13.0. The Morgan fingerprint density at radius 2 is 2.22 bits per heavy atom. The van der Waals surface area contributed by atoms with Crippen LogP contribution in [0.4, 0.5) is 0 Å². The van der Waals surface area contributed by atoms with Gasteiger partial charge in [-0.15, -0.1) is 0 Å². The van der Waals surface area contributed by atoms with E-state index in [9.17, 15) is 0 Å². The predicted molar refractivity (Wildman–Crippen MR) is 79.2 cm³/mol. The molecule has 1 aromatic carbocycles. The lowest BCUT2D eigenvalue weighted by Gasteiger charge is -2.10. The van der Waals surface area contributed by atoms with Gasteiger partial charge in [0.1, 0.15) is 0 Å². The summed E-state index contributed by atoms with van der Waals surface area (Å²) in [4.78, 5) is 7.90. The van der Waals surface area contributed by atoms with Crippen molar-refractivity contribution in [2.75, 3.05) is 12.3 Å². The molecule has 0 bridgehead atoms. The maximum absolute atomic E-state index is 4.56. The summed E-state index contributed by atoms with van der Waals surface area (Å²) in [5, 5.41) is 4.47. The number of hydrogen-bond acceptors (Lipinski definition) is 3. The second kappa shape index (κ2) is 6.81. The van der Waals surface area contributed by atoms with Crippen LogP contribution in [0.2, 0.25) is 0 Å². The van der Waals surface area contributed by atoms with Crippen LogP contribution in [-0.2, 0) is 0 Å². The Morgan fingerprint density at radius 3 is 3.00 bits per heavy atom. The fraction of sp³-hybridized carbons (Fsp3) is 0.500. The molecule has 1 heterocycles. The van der Waals surface area contributed by atoms with E-state index in [4.69, 9.17) is 0 Å². The van der Waals surface area contributed by atoms with Gasteiger partial charge in [0.15, 0.2) is 5.16 Å². The van der Waals surface area contributed by atoms with Gasteiger partial charge in [0, 0.05) is 11.8 Å². The molecule has 2 aromatic rings. The van der Waals surface area contributed by atoms with Gasteiger partial charge in [0.25, 0.3) is 0 Å². The number of hydrogen-bond donors (Lipinski definition) is 2. The van der Waals surface area contributed by atoms with Gasteiger partial charge in [-0.1, -0.05) is 30.8 Å². The molecule has 1 unspecified atom stereocenters. The van der Waals surface area contributed by atoms with Gasteiger partial charge >= 0.3 is 0 Å². The summed E-state index contributed by atoms with van der Waals surface area (Å²) in [6, 6.07) is 8.79. The van der Waals surface area contributed by atoms with Gasteiger partial charge in [-0.05, 0) is 38.4 Å². The highest BCUT2D eigenvalue weighted by Gasteiger charge is 2.03. The van der Waals surface area contributed by atoms with E-state index < -0.39 is 0 Å². The first-order valence-corrected chi connectivity index (χ1v) is 7.59. The summed E-state index contributed by atoms with van der Waals surface area (Å²) in [7, 11) is 0. The summed E-state index contributed by atoms with van der Waals surface area (Å²) in [5.74, 6) is 1.12. The molecule has 0 amide bonds. The van der Waals surface area contributed by atoms with E-state index in [-0.39, 0.29) is 0 Å². The number of thioether (sulfide) groups is 1. The minimum Gasteiger partial charge on any atom is -0.333 e. The smallest absolute Gasteiger partial charge is 0.166 e. The number of fused-ring (bicyclic) bond motifs is 1. The first kappa shape index (κ1) is 13.4. The topological polar surface area (TPSA) is 40.7 Å². The first-order chi connectivity index (χ1) is 8.79. The second-order valence-electron chi connectivity index (χ2n) is 4.51. The van der Waals surface area contributed by atoms with Gasteiger partial charge in [0.05, 0.1) is 11.0 Å². The average Bonchev–Trinajstić information content (AvgIpc) is 2.77. The van der Waals surface area contributed by atoms with Crippen molar-refractivity contribution < 1.29 is 0 Å². The lowest BCUT2D eigenvalue weighted by atomic mass is 10.2. The third kappa shape index (κ3) is 3.75. The van der Waals surface area contributed by atoms with Crippen LogP contribution >= 0.6 is 11.8 Å². The van der Waals surface area contributed by atoms with Crippen LogP contribution in [-0.4, -0.2) is 28.3 Å². The Hall–Kier alpha value is -1.00. The van der Waals surface area contributed by atoms with Crippen molar-refractivity contribution in [3.63, 3.8) is 0 Å². The number of H-pyrrole nitrogens is 1. The molecule has 1 aromatic heterocycles. The number of benzene rings is 1. The molecule has 2 rings (SSSR count). The third-order valence-electron chi connectivity index (χ3n) is 2.94. The largest absolute Gasteiger partial charge is 0.333 e. The number of nitrogens with zero attached hydrogens (tertiary/aromatic N) is 1. The number of imidazole rings is 1. The third-order valence-corrected chi connectivity index (χ3v) is 3.90. The lowest BCUT2D eigenvalue weighted by Crippen LogP contribution is -2.25. The standard InChI is InChI=1S/C14H21N3S/c1-3-15-11(2)7-6-10-18-14-16-12-8-4-5-9-13(12)17-14/h4-5,8-9,11,15H,3,6-7,10H2,1-2H3,(H,16,17). The summed E-state index contributed by atoms with van der Waals surface area (Å²) in [6.07, 6.45) is 2.44. The van der Waals surface area contributed by atoms with Gasteiger partial charge in [-0.25, -0.2) is 4.98 Å². The Kier molecular flexibility index (Phi) is 5.08. The van der Waals surface area contributed by atoms with E-state index in [0.29, 0.717) is 6.04 Å². The van der Waals surface area contributed by atoms with Gasteiger partial charge in [0.2, 0.25) is 0 Å². The van der Waals surface area contributed by atoms with Crippen LogP contribution in [0.15, 0.2) is 29.4 Å². The van der Waals surface area contributed by atoms with Crippen LogP contribution < -0.4 is 5.32 Å². The van der Waals surface area contributed by atoms with E-state index in [2.05, 4.69) is 35.2 Å². The van der Waals surface area contributed by atoms with E-state index in [1.165, 1.54) is 12.8 Å². The lowest BCUT2D eigenvalue weighted by molar-refractivity contribution is 0.526. The summed E-state index contributed by atoms with van der Waals surface area (Å²) in [6.45, 7) is 5.45. The molecule has 0 saturated heterocycles. The molecular weight excluding hydrogens is 242 g/mol. The second-order valence-corrected chi connectivity index (χ2v) is 5.59. The maximum atomic E-state index is 4.56. The van der Waals surface area contributed by atoms with Gasteiger partial charge < -0.3 is 10.3 Å². The zero-order valence-corrected chi connectivity index (χ0v) is 11.9. The number of aromatic amines is 1. The van der Waals surface area contributed by atoms with Crippen molar-refractivity contribution in [1.82, 2.24) is 15.3 Å². The van der Waals surface area contributed by atoms with Crippen LogP contribution in [0.5, 0.6) is 0 Å². The Balaban J connectivity index is 1.76. The highest BCUT2D eigenvalue weighted by molar-refractivity contribution is 7.99. The molecular formula is C14H21N3S. The molecule has 0 aliphatic heterocycles. The van der Waals surface area contributed by atoms with Crippen molar-refractivity contribution in [3.8, 4) is 0 Å². The summed E-state index contributed by atoms with van der Waals surface area (Å²) >= 11 is 1.81. The van der Waals surface area contributed by atoms with Crippen molar-refractivity contribution in [1.29, 1.82) is 0 Å². The van der Waals surface area contributed by atoms with Crippen LogP contribution in [0.1, 0.15) is 26.7 Å². The molecule has 0 aliphatic rings. The summed E-state index contributed by atoms with van der Waals surface area (Å²) < 4.78 is 0. The van der Waals surface area contributed by atoms with Crippen molar-refractivity contribution in [2.24, 2.45) is 0 Å². The average molecular weight is 263 g/mol. The molecule has 1 atom stereocenters. The maximum Gasteiger partial charge on any atom is 0.166 e. The number of nitrogens with one attached hydrogen (secondary N) is 2. The van der Waals surface area contributed by atoms with E-state index in [1.807, 2.05) is 30.0 Å². The van der Waals surface area contributed by atoms with Gasteiger partial charge in [-0.2, -0.15) is 0 Å². The Morgan fingerprint density at radius 1 is 1.39 bits per heavy atom. The van der Waals surface area contributed by atoms with Crippen LogP contribution in [0.25, 0.3) is 11.0 Å². The molecule has 2 N–H and O–H groups in total. The van der Waals surface area contributed by atoms with E-state index in [0.717, 1.165) is 28.5 Å². The fourth-order valence-electron chi connectivity index (χ4n) is 2.01. The molecule has 0 fully saturated rings. The number of rotatable bonds is 7. The molecule has 0 aliphatic carbocycles. The molecule has 0 saturated carbocycles. The summed E-state index contributed by atoms with van der Waals surface area (Å²) in [5.41, 5.74) is 2.18. The minimum atomic E-state index is 0.617. The molecule has 4 heteroatoms. The van der Waals surface area contributed by atoms with Gasteiger partial charge in [-0.3, -0.25) is 0 Å². The van der Waals surface area contributed by atoms with E-state index >= 15 is 0 Å². The van der Waals surface area contributed by atoms with E-state index in [1.54, 1.807) is 0 Å². The Labute approximate surface area is 113 Å². The monoisotopic (exact) mass is 263 g/mol. The van der Waals surface area contributed by atoms with Crippen LogP contribution in [0, 0.1) is 0 Å². The number of para-hydroxylation sites is 2. The van der Waals surface area contributed by atoms with Crippen molar-refractivity contribution >= 4 is 22.8 Å². The minimum absolute atomic E-state index is 0.617. The molecule has 3 nitrogen and oxygen atoms in total. The molecule has 18 heavy (non-hydrogen) atoms. The fourth-order valence-corrected chi connectivity index (χ4v) is 2.86. The molecule has 98 valence electrons. The molecule has 0 spiro atoms. The van der Waals surface area contributed by atoms with Crippen molar-refractivity contribution in [2.45, 2.75) is 37.9 Å². The quantitative estimate of drug-likeness (QED) is 0.594. The molecule has 0 radical (unpaired) electrons. The predicted octanol–water partition coefficient (Wildman–Crippen LogP) is 3.43. The van der Waals surface area contributed by atoms with Crippen molar-refractivity contribution in [3.05, 3.63) is 24.3 Å². The number of aromatic nitrogens is 2.